The Hall–Kier alpha value is -2.72. The minimum Gasteiger partial charge on any atom is -0.0955 e. The van der Waals surface area contributed by atoms with Gasteiger partial charge in [-0.15, -0.1) is 0 Å². The van der Waals surface area contributed by atoms with E-state index < -0.39 is 0 Å². The molecule has 0 saturated heterocycles. The molecule has 0 heterocycles. The summed E-state index contributed by atoms with van der Waals surface area (Å²) in [7, 11) is 0. The summed E-state index contributed by atoms with van der Waals surface area (Å²) in [6.07, 6.45) is 20.2. The molecule has 0 nitrogen and oxygen atoms in total. The Balaban J connectivity index is 2.63. The van der Waals surface area contributed by atoms with Gasteiger partial charge in [-0.2, -0.15) is 0 Å². The van der Waals surface area contributed by atoms with E-state index in [1.807, 2.05) is 6.92 Å². The fraction of sp³-hybridized carbons (Fsp3) is 0.135. The van der Waals surface area contributed by atoms with E-state index in [4.69, 9.17) is 0 Å². The van der Waals surface area contributed by atoms with Crippen molar-refractivity contribution in [3.8, 4) is 0 Å². The number of benzene rings is 2. The quantitative estimate of drug-likeness (QED) is 0.226. The van der Waals surface area contributed by atoms with E-state index in [2.05, 4.69) is 190 Å². The molecule has 2 aromatic rings. The molecule has 0 saturated carbocycles. The average molecular weight is 719 g/mol. The molecule has 204 valence electrons. The number of halogens is 3. The molecule has 2 aromatic carbocycles. The summed E-state index contributed by atoms with van der Waals surface area (Å²) in [5, 5.41) is 0. The first-order valence-corrected chi connectivity index (χ1v) is 15.6. The van der Waals surface area contributed by atoms with Gasteiger partial charge in [0.15, 0.2) is 0 Å². The molecule has 0 bridgehead atoms. The van der Waals surface area contributed by atoms with Crippen LogP contribution in [0.2, 0.25) is 0 Å². The maximum Gasteiger partial charge on any atom is 0.0172 e. The number of allylic oxidation sites excluding steroid dienone is 19. The van der Waals surface area contributed by atoms with Crippen LogP contribution in [0.1, 0.15) is 45.2 Å². The van der Waals surface area contributed by atoms with Crippen molar-refractivity contribution in [1.29, 1.82) is 0 Å². The summed E-state index contributed by atoms with van der Waals surface area (Å²) in [5.41, 5.74) is 10.3. The Kier molecular flexibility index (Phi) is 12.6. The predicted octanol–water partition coefficient (Wildman–Crippen LogP) is 12.7. The van der Waals surface area contributed by atoms with Crippen LogP contribution in [-0.2, 0) is 0 Å². The Morgan fingerprint density at radius 3 is 1.93 bits per heavy atom. The smallest absolute Gasteiger partial charge is 0.0172 e. The Morgan fingerprint density at radius 1 is 0.750 bits per heavy atom. The summed E-state index contributed by atoms with van der Waals surface area (Å²) in [6, 6.07) is 21.2. The maximum atomic E-state index is 4.50. The lowest BCUT2D eigenvalue weighted by molar-refractivity contribution is 1.21. The van der Waals surface area contributed by atoms with E-state index in [1.165, 1.54) is 16.7 Å². The minimum atomic E-state index is 0.792. The zero-order chi connectivity index (χ0) is 29.1. The van der Waals surface area contributed by atoms with E-state index in [0.29, 0.717) is 0 Å². The predicted molar refractivity (Wildman–Crippen MR) is 189 cm³/mol. The van der Waals surface area contributed by atoms with Crippen LogP contribution in [0, 0.1) is 0 Å². The molecular formula is C37H35Br3. The van der Waals surface area contributed by atoms with Crippen molar-refractivity contribution < 1.29 is 0 Å². The second-order valence-electron chi connectivity index (χ2n) is 9.62. The highest BCUT2D eigenvalue weighted by molar-refractivity contribution is 9.12. The van der Waals surface area contributed by atoms with Crippen molar-refractivity contribution in [3.63, 3.8) is 0 Å². The Labute approximate surface area is 265 Å². The number of hydrogen-bond acceptors (Lipinski definition) is 0. The first-order valence-electron chi connectivity index (χ1n) is 13.2. The highest BCUT2D eigenvalue weighted by atomic mass is 79.9. The van der Waals surface area contributed by atoms with Crippen LogP contribution in [0.3, 0.4) is 0 Å². The molecule has 0 radical (unpaired) electrons. The van der Waals surface area contributed by atoms with Crippen molar-refractivity contribution in [3.05, 3.63) is 174 Å². The molecule has 40 heavy (non-hydrogen) atoms. The molecule has 0 spiro atoms. The largest absolute Gasteiger partial charge is 0.0955 e. The fourth-order valence-corrected chi connectivity index (χ4v) is 5.13. The third kappa shape index (κ3) is 9.16. The zero-order valence-electron chi connectivity index (χ0n) is 23.5. The third-order valence-electron chi connectivity index (χ3n) is 6.27. The second-order valence-corrected chi connectivity index (χ2v) is 13.0. The summed E-state index contributed by atoms with van der Waals surface area (Å²) in [6.45, 7) is 12.9. The summed E-state index contributed by atoms with van der Waals surface area (Å²) in [5.74, 6) is 0. The molecule has 1 aliphatic carbocycles. The Bertz CT molecular complexity index is 1490. The molecule has 3 rings (SSSR count). The van der Waals surface area contributed by atoms with Gasteiger partial charge in [-0.1, -0.05) is 164 Å². The molecule has 0 fully saturated rings. The van der Waals surface area contributed by atoms with Gasteiger partial charge < -0.3 is 0 Å². The third-order valence-corrected chi connectivity index (χ3v) is 7.33. The second kappa shape index (κ2) is 15.9. The van der Waals surface area contributed by atoms with Crippen molar-refractivity contribution in [2.75, 3.05) is 0 Å². The minimum absolute atomic E-state index is 0.792. The standard InChI is InChI=1S/C37H35Br3/c1-26(2)35(31-17-10-7-11-18-31)37(32-19-13-20-33(40)25-24-32)36(27(3)22-23-29(5)39)34(21-12-14-28(4)38)30-15-8-6-9-16-30/h6-18,20-25H,1,19H2,2-5H3/b21-12+,27-22+,28-14+,29-23+,36-34+,37-35+. The summed E-state index contributed by atoms with van der Waals surface area (Å²) < 4.78 is 3.19. The SMILES string of the molecule is C=C(C)\C(=C(C1=CC=C(Br)C=CC1)/C(C(/C)=C/C=C(\C)Br)=C(\C=C\C=C(/C)Br)c1ccccc1)c1ccccc1. The van der Waals surface area contributed by atoms with Gasteiger partial charge in [0.25, 0.3) is 0 Å². The van der Waals surface area contributed by atoms with Crippen LogP contribution < -0.4 is 0 Å². The van der Waals surface area contributed by atoms with E-state index >= 15 is 0 Å². The van der Waals surface area contributed by atoms with Gasteiger partial charge in [0.2, 0.25) is 0 Å². The topological polar surface area (TPSA) is 0 Å². The van der Waals surface area contributed by atoms with Crippen LogP contribution >= 0.6 is 47.8 Å². The van der Waals surface area contributed by atoms with Crippen molar-refractivity contribution in [1.82, 2.24) is 0 Å². The average Bonchev–Trinajstić information content (AvgIpc) is 3.15. The monoisotopic (exact) mass is 716 g/mol. The lowest BCUT2D eigenvalue weighted by Crippen LogP contribution is -2.05. The van der Waals surface area contributed by atoms with Gasteiger partial charge in [0.05, 0.1) is 0 Å². The molecule has 0 amide bonds. The van der Waals surface area contributed by atoms with Crippen LogP contribution in [0.5, 0.6) is 0 Å². The van der Waals surface area contributed by atoms with Crippen LogP contribution in [-0.4, -0.2) is 0 Å². The molecular weight excluding hydrogens is 684 g/mol. The summed E-state index contributed by atoms with van der Waals surface area (Å²) in [4.78, 5) is 0. The zero-order valence-corrected chi connectivity index (χ0v) is 28.3. The fourth-order valence-electron chi connectivity index (χ4n) is 4.53. The van der Waals surface area contributed by atoms with Gasteiger partial charge in [0, 0.05) is 4.48 Å². The van der Waals surface area contributed by atoms with Crippen molar-refractivity contribution in [2.24, 2.45) is 0 Å². The van der Waals surface area contributed by atoms with E-state index in [0.717, 1.165) is 53.3 Å². The Morgan fingerprint density at radius 2 is 1.35 bits per heavy atom. The van der Waals surface area contributed by atoms with Crippen LogP contribution in [0.25, 0.3) is 11.1 Å². The summed E-state index contributed by atoms with van der Waals surface area (Å²) >= 11 is 10.9. The highest BCUT2D eigenvalue weighted by Gasteiger charge is 2.23. The number of hydrogen-bond donors (Lipinski definition) is 0. The van der Waals surface area contributed by atoms with Gasteiger partial charge in [-0.25, -0.2) is 0 Å². The number of rotatable bonds is 9. The van der Waals surface area contributed by atoms with E-state index in [1.54, 1.807) is 0 Å². The molecule has 0 atom stereocenters. The van der Waals surface area contributed by atoms with Crippen LogP contribution in [0.4, 0.5) is 0 Å². The lowest BCUT2D eigenvalue weighted by atomic mass is 9.79. The highest BCUT2D eigenvalue weighted by Crippen LogP contribution is 2.42. The normalized spacial score (nSPS) is 16.2. The molecule has 0 aliphatic heterocycles. The first kappa shape index (κ1) is 31.8. The molecule has 0 aromatic heterocycles. The van der Waals surface area contributed by atoms with Crippen molar-refractivity contribution in [2.45, 2.75) is 34.1 Å². The van der Waals surface area contributed by atoms with Gasteiger partial charge >= 0.3 is 0 Å². The van der Waals surface area contributed by atoms with Crippen LogP contribution in [0.15, 0.2) is 163 Å². The maximum absolute atomic E-state index is 4.50. The first-order chi connectivity index (χ1) is 19.2. The van der Waals surface area contributed by atoms with E-state index in [9.17, 15) is 0 Å². The molecule has 0 N–H and O–H groups in total. The molecule has 0 unspecified atom stereocenters. The van der Waals surface area contributed by atoms with Gasteiger partial charge in [0.1, 0.15) is 0 Å². The molecule has 3 heteroatoms. The van der Waals surface area contributed by atoms with Gasteiger partial charge in [-0.3, -0.25) is 0 Å². The van der Waals surface area contributed by atoms with Crippen molar-refractivity contribution >= 4 is 58.9 Å². The molecule has 1 aliphatic rings. The van der Waals surface area contributed by atoms with Gasteiger partial charge in [-0.05, 0) is 99.3 Å². The van der Waals surface area contributed by atoms with E-state index in [-0.39, 0.29) is 0 Å². The lowest BCUT2D eigenvalue weighted by Gasteiger charge is -2.25.